The van der Waals surface area contributed by atoms with Gasteiger partial charge in [-0.3, -0.25) is 24.1 Å². The summed E-state index contributed by atoms with van der Waals surface area (Å²) in [5.74, 6) is 3.25. The molecule has 1 aliphatic rings. The molecule has 0 saturated carbocycles. The van der Waals surface area contributed by atoms with Crippen molar-refractivity contribution >= 4 is 52.3 Å². The first-order valence-corrected chi connectivity index (χ1v) is 28.0. The van der Waals surface area contributed by atoms with Crippen LogP contribution in [0.1, 0.15) is 186 Å². The highest BCUT2D eigenvalue weighted by molar-refractivity contribution is 6.17. The largest absolute Gasteiger partial charge is 0.421 e. The third kappa shape index (κ3) is 19.0. The van der Waals surface area contributed by atoms with Crippen molar-refractivity contribution in [1.82, 2.24) is 35.3 Å². The van der Waals surface area contributed by atoms with Gasteiger partial charge in [0.25, 0.3) is 11.8 Å². The number of carbonyl (C=O) groups excluding carboxylic acids is 6. The van der Waals surface area contributed by atoms with Crippen molar-refractivity contribution in [3.63, 3.8) is 0 Å². The first-order chi connectivity index (χ1) is 37.9. The van der Waals surface area contributed by atoms with E-state index < -0.39 is 11.9 Å². The molecule has 2 amide bonds. The van der Waals surface area contributed by atoms with Crippen molar-refractivity contribution in [3.05, 3.63) is 118 Å². The minimum Gasteiger partial charge on any atom is -0.421 e. The van der Waals surface area contributed by atoms with E-state index in [0.29, 0.717) is 71.7 Å². The Morgan fingerprint density at radius 3 is 2.22 bits per heavy atom. The van der Waals surface area contributed by atoms with Gasteiger partial charge in [-0.2, -0.15) is 0 Å². The fourth-order valence-electron chi connectivity index (χ4n) is 9.65. The van der Waals surface area contributed by atoms with Gasteiger partial charge in [-0.05, 0) is 128 Å². The molecule has 0 bridgehead atoms. The van der Waals surface area contributed by atoms with Crippen LogP contribution in [0.3, 0.4) is 0 Å². The average Bonchev–Trinajstić information content (AvgIpc) is 4.16. The second kappa shape index (κ2) is 31.4. The number of hydrogen-bond donors (Lipinski definition) is 4. The van der Waals surface area contributed by atoms with Gasteiger partial charge in [0.1, 0.15) is 23.1 Å². The average molecular weight is 1080 g/mol. The van der Waals surface area contributed by atoms with Crippen LogP contribution in [0, 0.1) is 13.8 Å². The van der Waals surface area contributed by atoms with Gasteiger partial charge in [0.15, 0.2) is 17.5 Å². The monoisotopic (exact) mass is 1080 g/mol. The van der Waals surface area contributed by atoms with E-state index in [9.17, 15) is 33.9 Å². The lowest BCUT2D eigenvalue weighted by atomic mass is 9.82. The van der Waals surface area contributed by atoms with Crippen LogP contribution in [0.15, 0.2) is 77.3 Å². The molecule has 0 aliphatic carbocycles. The molecule has 5 aromatic rings. The number of amides is 2. The number of benzene rings is 3. The Balaban J connectivity index is 0.000000712. The van der Waals surface area contributed by atoms with Crippen LogP contribution >= 0.6 is 0 Å². The van der Waals surface area contributed by atoms with Crippen LogP contribution < -0.4 is 16.0 Å². The first-order valence-electron chi connectivity index (χ1n) is 28.0. The van der Waals surface area contributed by atoms with Crippen molar-refractivity contribution in [2.24, 2.45) is 0 Å². The summed E-state index contributed by atoms with van der Waals surface area (Å²) in [5.41, 5.74) is 6.18. The number of rotatable bonds is 31. The van der Waals surface area contributed by atoms with Gasteiger partial charge in [-0.25, -0.2) is 14.8 Å². The maximum atomic E-state index is 13.3. The summed E-state index contributed by atoms with van der Waals surface area (Å²) >= 11 is 0. The van der Waals surface area contributed by atoms with Crippen molar-refractivity contribution in [2.75, 3.05) is 50.0 Å². The summed E-state index contributed by atoms with van der Waals surface area (Å²) in [4.78, 5) is 86.1. The number of nitrogens with zero attached hydrogens (tertiary/aromatic N) is 6. The highest BCUT2D eigenvalue weighted by Crippen LogP contribution is 2.39. The Morgan fingerprint density at radius 1 is 0.823 bits per heavy atom. The number of aromatic nitrogens is 4. The summed E-state index contributed by atoms with van der Waals surface area (Å²) in [5, 5.41) is 28.4. The Bertz CT molecular complexity index is 2870. The van der Waals surface area contributed by atoms with Crippen LogP contribution in [-0.2, 0) is 31.0 Å². The lowest BCUT2D eigenvalue weighted by Crippen LogP contribution is -2.40. The molecule has 0 radical (unpaired) electrons. The van der Waals surface area contributed by atoms with E-state index >= 15 is 0 Å². The zero-order chi connectivity index (χ0) is 57.5. The molecule has 6 rings (SSSR count). The number of aliphatic hydroxyl groups excluding tert-OH is 1. The first kappa shape index (κ1) is 62.6. The van der Waals surface area contributed by atoms with Crippen LogP contribution in [0.4, 0.5) is 11.5 Å². The zero-order valence-electron chi connectivity index (χ0n) is 48.0. The van der Waals surface area contributed by atoms with Crippen molar-refractivity contribution in [1.29, 1.82) is 0 Å². The number of hydrogen-bond acceptors (Lipinski definition) is 15. The summed E-state index contributed by atoms with van der Waals surface area (Å²) in [6.45, 7) is 20.8. The van der Waals surface area contributed by atoms with Gasteiger partial charge in [0, 0.05) is 55.4 Å². The van der Waals surface area contributed by atoms with E-state index in [2.05, 4.69) is 81.7 Å². The Hall–Kier alpha value is -7.20. The molecule has 3 aromatic carbocycles. The maximum Gasteiger partial charge on any atom is 0.260 e. The SMILES string of the molecule is CC(=O)c1ccc(C)cc1C(C)(C)C.CCCN(CCCCC(=O)NCCCCCCCNc1cccc2c1C(=C=O)N(C(CCC(C)=O)C(C)=O)C2=O)CCCc1nnc(-c2cnc(C)nc2N[C@H](CO)c2ccccc2)o1. The molecule has 17 heteroatoms. The number of aliphatic hydroxyl groups is 1. The van der Waals surface area contributed by atoms with Crippen LogP contribution in [0.2, 0.25) is 0 Å². The summed E-state index contributed by atoms with van der Waals surface area (Å²) in [7, 11) is 0. The predicted molar refractivity (Wildman–Crippen MR) is 309 cm³/mol. The van der Waals surface area contributed by atoms with Crippen LogP contribution in [0.25, 0.3) is 17.2 Å². The fourth-order valence-corrected chi connectivity index (χ4v) is 9.65. The van der Waals surface area contributed by atoms with E-state index in [0.717, 1.165) is 94.1 Å². The Labute approximate surface area is 466 Å². The number of aryl methyl sites for hydroxylation is 3. The number of carbonyl (C=O) groups is 5. The Morgan fingerprint density at radius 2 is 1.54 bits per heavy atom. The van der Waals surface area contributed by atoms with Crippen LogP contribution in [0.5, 0.6) is 0 Å². The molecule has 79 heavy (non-hydrogen) atoms. The fraction of sp³-hybridized carbons (Fsp3) is 0.500. The molecule has 1 unspecified atom stereocenters. The number of ketones is 3. The van der Waals surface area contributed by atoms with Crippen molar-refractivity contribution < 1.29 is 38.3 Å². The zero-order valence-corrected chi connectivity index (χ0v) is 48.0. The standard InChI is InChI=1S/C49H65N9O7.C13H18O/c1-5-28-57(30-17-23-45-55-56-48(65-45)39-31-52-36(4)53-47(39)54-41(32-59)37-18-10-9-11-19-37)29-15-12-22-44(63)51-27-14-8-6-7-13-26-50-40-21-16-20-38-46(40)43(33-60)58(49(38)64)42(35(3)62)25-24-34(2)61;1-9-6-7-11(10(2)14)12(8-9)13(3,4)5/h9-11,16,18-21,31,41-42,50,59H,5-8,12-15,17,22-30,32H2,1-4H3,(H,51,63)(H,52,53,54);6-8H,1-5H3/t41-,42?;/m1./s1. The van der Waals surface area contributed by atoms with E-state index in [1.807, 2.05) is 54.5 Å². The summed E-state index contributed by atoms with van der Waals surface area (Å²) in [6.07, 6.45) is 11.4. The minimum absolute atomic E-state index is 0.0264. The van der Waals surface area contributed by atoms with E-state index in [1.54, 1.807) is 32.2 Å². The molecular weight excluding hydrogens is 999 g/mol. The van der Waals surface area contributed by atoms with E-state index in [-0.39, 0.29) is 59.9 Å². The summed E-state index contributed by atoms with van der Waals surface area (Å²) < 4.78 is 6.06. The molecule has 0 fully saturated rings. The lowest BCUT2D eigenvalue weighted by Gasteiger charge is -2.25. The molecule has 17 nitrogen and oxygen atoms in total. The Kier molecular flexibility index (Phi) is 24.9. The van der Waals surface area contributed by atoms with Gasteiger partial charge < -0.3 is 35.2 Å². The molecule has 1 aliphatic heterocycles. The van der Waals surface area contributed by atoms with E-state index in [1.165, 1.54) is 24.3 Å². The number of fused-ring (bicyclic) bond motifs is 1. The second-order valence-electron chi connectivity index (χ2n) is 21.5. The molecule has 0 spiro atoms. The number of Topliss-reactive ketones (excluding diaryl/α,β-unsaturated/α-hetero) is 3. The van der Waals surface area contributed by atoms with Gasteiger partial charge in [0.05, 0.1) is 29.8 Å². The van der Waals surface area contributed by atoms with E-state index in [4.69, 9.17) is 4.42 Å². The summed E-state index contributed by atoms with van der Waals surface area (Å²) in [6, 6.07) is 19.6. The second-order valence-corrected chi connectivity index (χ2v) is 21.5. The quantitative estimate of drug-likeness (QED) is 0.0184. The van der Waals surface area contributed by atoms with Gasteiger partial charge in [-0.15, -0.1) is 10.2 Å². The molecule has 424 valence electrons. The van der Waals surface area contributed by atoms with Crippen LogP contribution in [-0.4, -0.2) is 116 Å². The maximum absolute atomic E-state index is 13.3. The highest BCUT2D eigenvalue weighted by Gasteiger charge is 2.41. The van der Waals surface area contributed by atoms with Gasteiger partial charge in [0.2, 0.25) is 11.8 Å². The minimum atomic E-state index is -0.909. The van der Waals surface area contributed by atoms with Gasteiger partial charge in [-0.1, -0.05) is 107 Å². The smallest absolute Gasteiger partial charge is 0.260 e. The normalized spacial score (nSPS) is 12.8. The molecule has 2 aromatic heterocycles. The van der Waals surface area contributed by atoms with Crippen molar-refractivity contribution in [3.8, 4) is 11.5 Å². The topological polar surface area (TPSA) is 230 Å². The van der Waals surface area contributed by atoms with Crippen molar-refractivity contribution in [2.45, 2.75) is 163 Å². The molecule has 2 atom stereocenters. The van der Waals surface area contributed by atoms with Gasteiger partial charge >= 0.3 is 0 Å². The third-order valence-electron chi connectivity index (χ3n) is 13.8. The molecule has 3 heterocycles. The highest BCUT2D eigenvalue weighted by atomic mass is 16.4. The third-order valence-corrected chi connectivity index (χ3v) is 13.8. The molecular formula is C62H83N9O8. The number of unbranched alkanes of at least 4 members (excludes halogenated alkanes) is 5. The lowest BCUT2D eigenvalue weighted by molar-refractivity contribution is -0.122. The number of nitrogens with one attached hydrogen (secondary N) is 3. The predicted octanol–water partition coefficient (Wildman–Crippen LogP) is 10.4. The number of anilines is 2. The molecule has 4 N–H and O–H groups in total. The molecule has 0 saturated heterocycles.